The van der Waals surface area contributed by atoms with Gasteiger partial charge < -0.3 is 4.74 Å². The molecule has 0 aliphatic heterocycles. The second kappa shape index (κ2) is 6.02. The fraction of sp³-hybridized carbons (Fsp3) is 0.773. The van der Waals surface area contributed by atoms with E-state index in [1.807, 2.05) is 0 Å². The molecule has 4 heteroatoms. The van der Waals surface area contributed by atoms with Gasteiger partial charge in [-0.05, 0) is 60.7 Å². The number of nitrogens with zero attached hydrogens (tertiary/aromatic N) is 1. The van der Waals surface area contributed by atoms with E-state index < -0.39 is 0 Å². The maximum Gasteiger partial charge on any atom is 0.161 e. The van der Waals surface area contributed by atoms with E-state index in [1.165, 1.54) is 5.57 Å². The van der Waals surface area contributed by atoms with Gasteiger partial charge in [0.15, 0.2) is 5.78 Å². The maximum atomic E-state index is 13.4. The average molecular weight is 355 g/mol. The Morgan fingerprint density at radius 1 is 1.19 bits per heavy atom. The van der Waals surface area contributed by atoms with Crippen molar-refractivity contribution in [3.05, 3.63) is 11.6 Å². The van der Waals surface area contributed by atoms with Crippen LogP contribution in [-0.2, 0) is 14.3 Å². The van der Waals surface area contributed by atoms with Crippen LogP contribution < -0.4 is 0 Å². The highest BCUT2D eigenvalue weighted by Gasteiger charge is 2.63. The summed E-state index contributed by atoms with van der Waals surface area (Å²) in [6, 6.07) is 2.20. The molecule has 4 aliphatic rings. The summed E-state index contributed by atoms with van der Waals surface area (Å²) in [5, 5.41) is 9.15. The molecule has 0 bridgehead atoms. The van der Waals surface area contributed by atoms with Gasteiger partial charge in [-0.2, -0.15) is 5.26 Å². The quantitative estimate of drug-likeness (QED) is 0.670. The highest BCUT2D eigenvalue weighted by molar-refractivity contribution is 5.87. The predicted molar refractivity (Wildman–Crippen MR) is 97.0 cm³/mol. The van der Waals surface area contributed by atoms with Gasteiger partial charge in [0.25, 0.3) is 0 Å². The zero-order valence-electron chi connectivity index (χ0n) is 16.1. The minimum atomic E-state index is -0.353. The van der Waals surface area contributed by atoms with E-state index in [1.54, 1.807) is 13.2 Å². The number of rotatable bonds is 1. The summed E-state index contributed by atoms with van der Waals surface area (Å²) in [7, 11) is 1.61. The molecule has 4 nitrogen and oxygen atoms in total. The summed E-state index contributed by atoms with van der Waals surface area (Å²) in [5.41, 5.74) is 0.914. The first-order valence-corrected chi connectivity index (χ1v) is 10.0. The molecule has 4 rings (SSSR count). The molecule has 4 aliphatic carbocycles. The van der Waals surface area contributed by atoms with Crippen molar-refractivity contribution >= 4 is 11.6 Å². The van der Waals surface area contributed by atoms with Gasteiger partial charge in [0.2, 0.25) is 0 Å². The van der Waals surface area contributed by atoms with Crippen molar-refractivity contribution in [1.29, 1.82) is 5.26 Å². The van der Waals surface area contributed by atoms with E-state index in [-0.39, 0.29) is 28.6 Å². The third-order valence-electron chi connectivity index (χ3n) is 8.56. The SMILES string of the molecule is CO[C@H]1C[C@@]2(C)[C@H](CC[C@@H]3[C@@H]2C(=O)C[C@]2(C)/C(=C\C#N)CC[C@@H]32)CC1=O. The molecule has 0 aromatic rings. The van der Waals surface area contributed by atoms with Gasteiger partial charge in [-0.15, -0.1) is 0 Å². The van der Waals surface area contributed by atoms with Gasteiger partial charge in [0, 0.05) is 31.9 Å². The monoisotopic (exact) mass is 355 g/mol. The summed E-state index contributed by atoms with van der Waals surface area (Å²) < 4.78 is 5.48. The van der Waals surface area contributed by atoms with Crippen LogP contribution in [0.25, 0.3) is 0 Å². The van der Waals surface area contributed by atoms with Crippen molar-refractivity contribution in [2.45, 2.75) is 64.9 Å². The van der Waals surface area contributed by atoms with E-state index in [4.69, 9.17) is 10.00 Å². The summed E-state index contributed by atoms with van der Waals surface area (Å²) >= 11 is 0. The van der Waals surface area contributed by atoms with E-state index in [0.717, 1.165) is 25.7 Å². The number of hydrogen-bond donors (Lipinski definition) is 0. The molecule has 0 aromatic heterocycles. The lowest BCUT2D eigenvalue weighted by atomic mass is 9.44. The van der Waals surface area contributed by atoms with Gasteiger partial charge in [0.1, 0.15) is 11.9 Å². The molecule has 0 saturated heterocycles. The minimum absolute atomic E-state index is 0.0477. The Kier molecular flexibility index (Phi) is 4.15. The topological polar surface area (TPSA) is 67.2 Å². The summed E-state index contributed by atoms with van der Waals surface area (Å²) in [6.45, 7) is 4.45. The first-order valence-electron chi connectivity index (χ1n) is 10.0. The zero-order chi connectivity index (χ0) is 18.7. The van der Waals surface area contributed by atoms with Crippen molar-refractivity contribution in [1.82, 2.24) is 0 Å². The summed E-state index contributed by atoms with van der Waals surface area (Å²) in [4.78, 5) is 25.8. The van der Waals surface area contributed by atoms with E-state index >= 15 is 0 Å². The van der Waals surface area contributed by atoms with E-state index in [9.17, 15) is 9.59 Å². The van der Waals surface area contributed by atoms with Crippen LogP contribution in [0.3, 0.4) is 0 Å². The minimum Gasteiger partial charge on any atom is -0.374 e. The molecule has 0 spiro atoms. The van der Waals surface area contributed by atoms with Crippen LogP contribution in [0, 0.1) is 45.8 Å². The van der Waals surface area contributed by atoms with Gasteiger partial charge in [-0.25, -0.2) is 0 Å². The van der Waals surface area contributed by atoms with Gasteiger partial charge in [-0.3, -0.25) is 9.59 Å². The van der Waals surface area contributed by atoms with Crippen molar-refractivity contribution < 1.29 is 14.3 Å². The third-order valence-corrected chi connectivity index (χ3v) is 8.56. The number of carbonyl (C=O) groups is 2. The Morgan fingerprint density at radius 3 is 2.65 bits per heavy atom. The third kappa shape index (κ3) is 2.29. The first-order chi connectivity index (χ1) is 12.3. The Bertz CT molecular complexity index is 719. The highest BCUT2D eigenvalue weighted by Crippen LogP contribution is 2.66. The number of carbonyl (C=O) groups excluding carboxylic acids is 2. The fourth-order valence-electron chi connectivity index (χ4n) is 7.28. The van der Waals surface area contributed by atoms with Crippen LogP contribution in [0.5, 0.6) is 0 Å². The molecule has 0 radical (unpaired) electrons. The lowest BCUT2D eigenvalue weighted by molar-refractivity contribution is -0.166. The molecule has 0 N–H and O–H groups in total. The number of ketones is 2. The molecule has 0 unspecified atom stereocenters. The molecule has 4 fully saturated rings. The van der Waals surface area contributed by atoms with Gasteiger partial charge >= 0.3 is 0 Å². The number of hydrogen-bond acceptors (Lipinski definition) is 4. The van der Waals surface area contributed by atoms with Crippen molar-refractivity contribution in [2.75, 3.05) is 7.11 Å². The standard InChI is InChI=1S/C22H29NO3/c1-21-11-18(25)20-15(16(21)7-5-13(21)8-9-23)6-4-14-10-17(24)19(26-3)12-22(14,20)2/h8,14-16,19-20H,4-7,10-12H2,1-3H3/b13-8-/t14-,15+,16+,19+,20-,21-,22+/m1/s1. The molecular weight excluding hydrogens is 326 g/mol. The molecule has 26 heavy (non-hydrogen) atoms. The highest BCUT2D eigenvalue weighted by atomic mass is 16.5. The summed E-state index contributed by atoms with van der Waals surface area (Å²) in [5.74, 6) is 1.80. The Balaban J connectivity index is 1.71. The number of fused-ring (bicyclic) bond motifs is 5. The van der Waals surface area contributed by atoms with Crippen LogP contribution in [0.15, 0.2) is 11.6 Å². The summed E-state index contributed by atoms with van der Waals surface area (Å²) in [6.07, 6.45) is 7.27. The number of allylic oxidation sites excluding steroid dienone is 2. The molecule has 0 aromatic carbocycles. The van der Waals surface area contributed by atoms with Crippen LogP contribution in [0.4, 0.5) is 0 Å². The lowest BCUT2D eigenvalue weighted by Crippen LogP contribution is -2.58. The van der Waals surface area contributed by atoms with Crippen LogP contribution in [0.2, 0.25) is 0 Å². The molecule has 140 valence electrons. The zero-order valence-corrected chi connectivity index (χ0v) is 16.1. The molecular formula is C22H29NO3. The second-order valence-electron chi connectivity index (χ2n) is 9.52. The van der Waals surface area contributed by atoms with Crippen LogP contribution in [-0.4, -0.2) is 24.8 Å². The Labute approximate surface area is 156 Å². The molecule has 0 heterocycles. The fourth-order valence-corrected chi connectivity index (χ4v) is 7.28. The average Bonchev–Trinajstić information content (AvgIpc) is 2.91. The smallest absolute Gasteiger partial charge is 0.161 e. The van der Waals surface area contributed by atoms with E-state index in [2.05, 4.69) is 19.9 Å². The lowest BCUT2D eigenvalue weighted by Gasteiger charge is -2.59. The molecule has 4 saturated carbocycles. The molecule has 7 atom stereocenters. The number of nitriles is 1. The maximum absolute atomic E-state index is 13.4. The molecule has 0 amide bonds. The van der Waals surface area contributed by atoms with Gasteiger partial charge in [-0.1, -0.05) is 19.4 Å². The van der Waals surface area contributed by atoms with E-state index in [0.29, 0.717) is 42.8 Å². The van der Waals surface area contributed by atoms with Crippen LogP contribution in [0.1, 0.15) is 58.8 Å². The van der Waals surface area contributed by atoms with Crippen molar-refractivity contribution in [2.24, 2.45) is 34.5 Å². The number of Topliss-reactive ketones (excluding diaryl/α,β-unsaturated/α-hetero) is 2. The van der Waals surface area contributed by atoms with Crippen molar-refractivity contribution in [3.8, 4) is 6.07 Å². The van der Waals surface area contributed by atoms with Gasteiger partial charge in [0.05, 0.1) is 6.07 Å². The van der Waals surface area contributed by atoms with Crippen LogP contribution >= 0.6 is 0 Å². The van der Waals surface area contributed by atoms with Crippen molar-refractivity contribution in [3.63, 3.8) is 0 Å². The predicted octanol–water partition coefficient (Wildman–Crippen LogP) is 3.85. The number of methoxy groups -OCH3 is 1. The number of ether oxygens (including phenoxy) is 1. The Hall–Kier alpha value is -1.47. The largest absolute Gasteiger partial charge is 0.374 e. The Morgan fingerprint density at radius 2 is 1.96 bits per heavy atom. The first kappa shape index (κ1) is 17.9. The second-order valence-corrected chi connectivity index (χ2v) is 9.52. The normalized spacial score (nSPS) is 49.3.